The summed E-state index contributed by atoms with van der Waals surface area (Å²) in [6.07, 6.45) is 2.99. The lowest BCUT2D eigenvalue weighted by molar-refractivity contribution is 0.313. The molecule has 2 N–H and O–H groups in total. The molecule has 106 valence electrons. The summed E-state index contributed by atoms with van der Waals surface area (Å²) in [5, 5.41) is 4.34. The number of aryl methyl sites for hydroxylation is 1. The van der Waals surface area contributed by atoms with Crippen LogP contribution in [0.2, 0.25) is 0 Å². The molecule has 0 aliphatic carbocycles. The fraction of sp³-hybridized carbons (Fsp3) is 0.438. The zero-order chi connectivity index (χ0) is 14.1. The third-order valence-electron chi connectivity index (χ3n) is 4.32. The van der Waals surface area contributed by atoms with Gasteiger partial charge in [-0.2, -0.15) is 5.10 Å². The van der Waals surface area contributed by atoms with Crippen LogP contribution in [0.3, 0.4) is 0 Å². The number of rotatable bonds is 3. The van der Waals surface area contributed by atoms with Gasteiger partial charge in [0.05, 0.1) is 5.69 Å². The van der Waals surface area contributed by atoms with Crippen LogP contribution in [0.1, 0.15) is 23.7 Å². The second-order valence-electron chi connectivity index (χ2n) is 5.77. The Morgan fingerprint density at radius 3 is 2.55 bits per heavy atom. The van der Waals surface area contributed by atoms with Crippen molar-refractivity contribution in [2.45, 2.75) is 19.4 Å². The van der Waals surface area contributed by atoms with Gasteiger partial charge in [-0.3, -0.25) is 4.90 Å². The first-order valence-electron chi connectivity index (χ1n) is 7.20. The van der Waals surface area contributed by atoms with Crippen LogP contribution in [0.5, 0.6) is 0 Å². The second-order valence-corrected chi connectivity index (χ2v) is 5.77. The Balaban J connectivity index is 1.82. The Hall–Kier alpha value is -1.65. The zero-order valence-corrected chi connectivity index (χ0v) is 12.2. The summed E-state index contributed by atoms with van der Waals surface area (Å²) in [7, 11) is 2.19. The molecule has 2 aromatic rings. The van der Waals surface area contributed by atoms with E-state index in [1.807, 2.05) is 16.9 Å². The lowest BCUT2D eigenvalue weighted by Gasteiger charge is -2.20. The highest BCUT2D eigenvalue weighted by molar-refractivity contribution is 5.36. The largest absolute Gasteiger partial charge is 0.330 e. The van der Waals surface area contributed by atoms with Gasteiger partial charge in [0, 0.05) is 24.5 Å². The minimum atomic E-state index is 0.497. The number of likely N-dealkylation sites (tertiary alicyclic amines) is 1. The Labute approximate surface area is 120 Å². The number of aromatic nitrogens is 2. The number of nitrogens with two attached hydrogens (primary N) is 1. The summed E-state index contributed by atoms with van der Waals surface area (Å²) in [5.41, 5.74) is 9.44. The molecule has 0 saturated carbocycles. The third kappa shape index (κ3) is 2.37. The van der Waals surface area contributed by atoms with Gasteiger partial charge in [0.1, 0.15) is 0 Å². The van der Waals surface area contributed by atoms with Crippen molar-refractivity contribution in [1.82, 2.24) is 14.7 Å². The minimum absolute atomic E-state index is 0.497. The van der Waals surface area contributed by atoms with Crippen molar-refractivity contribution in [3.05, 3.63) is 47.8 Å². The van der Waals surface area contributed by atoms with Gasteiger partial charge in [0.15, 0.2) is 0 Å². The Kier molecular flexibility index (Phi) is 3.59. The standard InChI is InChI=1S/C16H22N4/c1-12-7-8-18-20(12)15-5-3-14(4-6-15)16-9-13(10-17)11-19(16)2/h3-8,13,16H,9-11,17H2,1-2H3. The van der Waals surface area contributed by atoms with Crippen LogP contribution in [0.25, 0.3) is 5.69 Å². The number of nitrogens with zero attached hydrogens (tertiary/aromatic N) is 3. The van der Waals surface area contributed by atoms with Crippen molar-refractivity contribution < 1.29 is 0 Å². The first kappa shape index (κ1) is 13.3. The molecule has 2 heterocycles. The molecule has 3 rings (SSSR count). The maximum absolute atomic E-state index is 5.80. The minimum Gasteiger partial charge on any atom is -0.330 e. The van der Waals surface area contributed by atoms with Crippen molar-refractivity contribution in [2.75, 3.05) is 20.1 Å². The average molecular weight is 270 g/mol. The predicted molar refractivity (Wildman–Crippen MR) is 80.8 cm³/mol. The van der Waals surface area contributed by atoms with Crippen molar-refractivity contribution in [1.29, 1.82) is 0 Å². The van der Waals surface area contributed by atoms with Gasteiger partial charge >= 0.3 is 0 Å². The number of hydrogen-bond donors (Lipinski definition) is 1. The topological polar surface area (TPSA) is 47.1 Å². The van der Waals surface area contributed by atoms with Gasteiger partial charge in [-0.1, -0.05) is 12.1 Å². The van der Waals surface area contributed by atoms with Crippen LogP contribution in [0.4, 0.5) is 0 Å². The highest BCUT2D eigenvalue weighted by Gasteiger charge is 2.29. The Morgan fingerprint density at radius 2 is 2.00 bits per heavy atom. The van der Waals surface area contributed by atoms with Crippen LogP contribution < -0.4 is 5.73 Å². The van der Waals surface area contributed by atoms with Crippen LogP contribution in [-0.2, 0) is 0 Å². The van der Waals surface area contributed by atoms with Gasteiger partial charge in [0.25, 0.3) is 0 Å². The molecule has 4 nitrogen and oxygen atoms in total. The van der Waals surface area contributed by atoms with Crippen molar-refractivity contribution >= 4 is 0 Å². The van der Waals surface area contributed by atoms with E-state index in [9.17, 15) is 0 Å². The molecule has 20 heavy (non-hydrogen) atoms. The van der Waals surface area contributed by atoms with Crippen LogP contribution in [-0.4, -0.2) is 34.8 Å². The average Bonchev–Trinajstić information content (AvgIpc) is 3.05. The normalized spacial score (nSPS) is 23.4. The molecule has 1 aliphatic heterocycles. The first-order chi connectivity index (χ1) is 9.69. The summed E-state index contributed by atoms with van der Waals surface area (Å²) >= 11 is 0. The van der Waals surface area contributed by atoms with Crippen LogP contribution in [0, 0.1) is 12.8 Å². The molecule has 1 aromatic heterocycles. The third-order valence-corrected chi connectivity index (χ3v) is 4.32. The summed E-state index contributed by atoms with van der Waals surface area (Å²) in [6.45, 7) is 3.95. The SMILES string of the molecule is Cc1ccnn1-c1ccc(C2CC(CN)CN2C)cc1. The zero-order valence-electron chi connectivity index (χ0n) is 12.2. The molecule has 1 aliphatic rings. The van der Waals surface area contributed by atoms with Gasteiger partial charge in [-0.25, -0.2) is 4.68 Å². The molecule has 1 aromatic carbocycles. The van der Waals surface area contributed by atoms with Crippen molar-refractivity contribution in [3.63, 3.8) is 0 Å². The molecule has 0 radical (unpaired) electrons. The quantitative estimate of drug-likeness (QED) is 0.929. The number of benzene rings is 1. The molecule has 2 unspecified atom stereocenters. The Bertz CT molecular complexity index is 572. The van der Waals surface area contributed by atoms with E-state index in [4.69, 9.17) is 5.73 Å². The van der Waals surface area contributed by atoms with E-state index in [2.05, 4.69) is 48.2 Å². The van der Waals surface area contributed by atoms with E-state index in [0.29, 0.717) is 12.0 Å². The molecule has 1 fully saturated rings. The van der Waals surface area contributed by atoms with E-state index in [1.54, 1.807) is 0 Å². The Morgan fingerprint density at radius 1 is 1.25 bits per heavy atom. The molecule has 4 heteroatoms. The molecular formula is C16H22N4. The lowest BCUT2D eigenvalue weighted by atomic mass is 10.00. The van der Waals surface area contributed by atoms with Crippen LogP contribution in [0.15, 0.2) is 36.5 Å². The summed E-state index contributed by atoms with van der Waals surface area (Å²) < 4.78 is 1.96. The van der Waals surface area contributed by atoms with Crippen molar-refractivity contribution in [2.24, 2.45) is 11.7 Å². The van der Waals surface area contributed by atoms with Crippen molar-refractivity contribution in [3.8, 4) is 5.69 Å². The van der Waals surface area contributed by atoms with Gasteiger partial charge in [-0.15, -0.1) is 0 Å². The molecule has 0 bridgehead atoms. The lowest BCUT2D eigenvalue weighted by Crippen LogP contribution is -2.20. The highest BCUT2D eigenvalue weighted by Crippen LogP contribution is 2.33. The van der Waals surface area contributed by atoms with Crippen LogP contribution >= 0.6 is 0 Å². The summed E-state index contributed by atoms with van der Waals surface area (Å²) in [6, 6.07) is 11.3. The highest BCUT2D eigenvalue weighted by atomic mass is 15.3. The maximum Gasteiger partial charge on any atom is 0.0648 e. The maximum atomic E-state index is 5.80. The summed E-state index contributed by atoms with van der Waals surface area (Å²) in [5.74, 6) is 0.623. The van der Waals surface area contributed by atoms with E-state index >= 15 is 0 Å². The fourth-order valence-corrected chi connectivity index (χ4v) is 3.14. The molecular weight excluding hydrogens is 248 g/mol. The van der Waals surface area contributed by atoms with E-state index in [0.717, 1.165) is 30.9 Å². The van der Waals surface area contributed by atoms with E-state index < -0.39 is 0 Å². The van der Waals surface area contributed by atoms with Gasteiger partial charge < -0.3 is 5.73 Å². The molecule has 0 amide bonds. The smallest absolute Gasteiger partial charge is 0.0648 e. The summed E-state index contributed by atoms with van der Waals surface area (Å²) in [4.78, 5) is 2.41. The number of hydrogen-bond acceptors (Lipinski definition) is 3. The fourth-order valence-electron chi connectivity index (χ4n) is 3.14. The van der Waals surface area contributed by atoms with Gasteiger partial charge in [0.2, 0.25) is 0 Å². The van der Waals surface area contributed by atoms with E-state index in [-0.39, 0.29) is 0 Å². The molecule has 1 saturated heterocycles. The van der Waals surface area contributed by atoms with Gasteiger partial charge in [-0.05, 0) is 56.6 Å². The first-order valence-corrected chi connectivity index (χ1v) is 7.20. The van der Waals surface area contributed by atoms with E-state index in [1.165, 1.54) is 5.56 Å². The monoisotopic (exact) mass is 270 g/mol. The molecule has 2 atom stereocenters. The predicted octanol–water partition coefficient (Wildman–Crippen LogP) is 2.13. The molecule has 0 spiro atoms. The second kappa shape index (κ2) is 5.38.